The Bertz CT molecular complexity index is 1320. The molecule has 0 radical (unpaired) electrons. The fraction of sp³-hybridized carbons (Fsp3) is 0.556. The van der Waals surface area contributed by atoms with Gasteiger partial charge in [0.05, 0.1) is 29.8 Å². The van der Waals surface area contributed by atoms with E-state index >= 15 is 0 Å². The van der Waals surface area contributed by atoms with Crippen LogP contribution in [0.1, 0.15) is 35.2 Å². The fourth-order valence-electron chi connectivity index (χ4n) is 6.94. The standard InChI is InChI=1S/C27H33N5O8/c1-31(2)20-14-10-13-9-12-5-6-15(29-11-16(33)30-32-7-3-4-8-32)21(34)17(12)22(35)18(13)24(37)27(14,40)25(38)19(23(20)36)26(28)39/h5-6,13-14,18-20,29,34,40H,3-4,7-11H2,1-2H3,(H2,28,39)(H,30,33)/t13?,14?,18?,19?,20-,27?/m0/s1. The predicted molar refractivity (Wildman–Crippen MR) is 139 cm³/mol. The number of nitrogens with one attached hydrogen (secondary N) is 2. The second-order valence-electron chi connectivity index (χ2n) is 11.4. The Morgan fingerprint density at radius 1 is 1.12 bits per heavy atom. The number of hydrazine groups is 1. The highest BCUT2D eigenvalue weighted by atomic mass is 16.3. The third kappa shape index (κ3) is 4.19. The summed E-state index contributed by atoms with van der Waals surface area (Å²) in [5.74, 6) is -11.3. The normalized spacial score (nSPS) is 31.9. The lowest BCUT2D eigenvalue weighted by Crippen LogP contribution is -2.74. The molecule has 13 nitrogen and oxygen atoms in total. The third-order valence-electron chi connectivity index (χ3n) is 8.76. The Labute approximate surface area is 230 Å². The summed E-state index contributed by atoms with van der Waals surface area (Å²) in [7, 11) is 3.07. The van der Waals surface area contributed by atoms with Gasteiger partial charge in [-0.05, 0) is 57.3 Å². The highest BCUT2D eigenvalue weighted by Gasteiger charge is 2.69. The van der Waals surface area contributed by atoms with Crippen LogP contribution in [0, 0.1) is 23.7 Å². The number of rotatable bonds is 6. The zero-order valence-electron chi connectivity index (χ0n) is 22.3. The number of nitrogens with two attached hydrogens (primary N) is 1. The number of primary amides is 1. The number of hydrogen-bond acceptors (Lipinski definition) is 11. The molecule has 0 spiro atoms. The number of aromatic hydroxyl groups is 1. The fourth-order valence-corrected chi connectivity index (χ4v) is 6.94. The second-order valence-corrected chi connectivity index (χ2v) is 11.4. The molecular weight excluding hydrogens is 522 g/mol. The van der Waals surface area contributed by atoms with Gasteiger partial charge in [-0.2, -0.15) is 0 Å². The predicted octanol–water partition coefficient (Wildman–Crippen LogP) is -1.59. The number of fused-ring (bicyclic) bond motifs is 3. The van der Waals surface area contributed by atoms with Crippen molar-refractivity contribution in [3.63, 3.8) is 0 Å². The van der Waals surface area contributed by atoms with Crippen molar-refractivity contribution in [1.29, 1.82) is 0 Å². The number of benzene rings is 1. The van der Waals surface area contributed by atoms with Crippen molar-refractivity contribution in [3.05, 3.63) is 23.3 Å². The smallest absolute Gasteiger partial charge is 0.253 e. The molecule has 1 saturated heterocycles. The number of hydrogen-bond donors (Lipinski definition) is 5. The molecule has 1 aromatic rings. The number of carbonyl (C=O) groups excluding carboxylic acids is 6. The van der Waals surface area contributed by atoms with Crippen LogP contribution in [0.4, 0.5) is 5.69 Å². The molecule has 0 aromatic heterocycles. The van der Waals surface area contributed by atoms with Crippen molar-refractivity contribution >= 4 is 40.6 Å². The summed E-state index contributed by atoms with van der Waals surface area (Å²) < 4.78 is 0. The van der Waals surface area contributed by atoms with Crippen LogP contribution in [0.5, 0.6) is 5.75 Å². The first-order valence-corrected chi connectivity index (χ1v) is 13.4. The number of carbonyl (C=O) groups is 6. The van der Waals surface area contributed by atoms with Crippen LogP contribution in [0.3, 0.4) is 0 Å². The van der Waals surface area contributed by atoms with E-state index in [1.807, 2.05) is 0 Å². The summed E-state index contributed by atoms with van der Waals surface area (Å²) in [6.07, 6.45) is 2.13. The second kappa shape index (κ2) is 10.1. The van der Waals surface area contributed by atoms with E-state index < -0.39 is 70.1 Å². The van der Waals surface area contributed by atoms with Gasteiger partial charge in [0.25, 0.3) is 5.91 Å². The first-order valence-electron chi connectivity index (χ1n) is 13.4. The molecule has 6 N–H and O–H groups in total. The molecule has 2 saturated carbocycles. The highest BCUT2D eigenvalue weighted by molar-refractivity contribution is 6.32. The molecule has 13 heteroatoms. The van der Waals surface area contributed by atoms with Crippen LogP contribution < -0.4 is 16.5 Å². The monoisotopic (exact) mass is 555 g/mol. The molecule has 214 valence electrons. The van der Waals surface area contributed by atoms with Gasteiger partial charge in [0.15, 0.2) is 34.7 Å². The van der Waals surface area contributed by atoms with E-state index in [1.165, 1.54) is 19.0 Å². The molecule has 1 aliphatic heterocycles. The van der Waals surface area contributed by atoms with E-state index in [0.717, 1.165) is 25.9 Å². The maximum Gasteiger partial charge on any atom is 0.253 e. The van der Waals surface area contributed by atoms with Crippen LogP contribution in [0.15, 0.2) is 12.1 Å². The third-order valence-corrected chi connectivity index (χ3v) is 8.76. The topological polar surface area (TPSA) is 199 Å². The molecule has 1 heterocycles. The summed E-state index contributed by atoms with van der Waals surface area (Å²) in [4.78, 5) is 79.8. The van der Waals surface area contributed by atoms with Crippen molar-refractivity contribution < 1.29 is 39.0 Å². The molecule has 3 fully saturated rings. The van der Waals surface area contributed by atoms with Gasteiger partial charge in [0.2, 0.25) is 5.91 Å². The summed E-state index contributed by atoms with van der Waals surface area (Å²) in [6, 6.07) is 2.02. The van der Waals surface area contributed by atoms with Gasteiger partial charge in [-0.25, -0.2) is 5.01 Å². The SMILES string of the molecule is CN(C)[C@@H]1C(=O)C(C(N)=O)C(=O)C2(O)C(=O)C3C(=O)c4c(ccc(NCC(=O)NN5CCCC5)c4O)CC3CC12. The number of ketones is 4. The first-order chi connectivity index (χ1) is 18.9. The zero-order valence-corrected chi connectivity index (χ0v) is 22.3. The highest BCUT2D eigenvalue weighted by Crippen LogP contribution is 2.51. The van der Waals surface area contributed by atoms with Crippen molar-refractivity contribution in [1.82, 2.24) is 15.3 Å². The number of phenolic OH excluding ortho intramolecular Hbond substituents is 1. The first kappa shape index (κ1) is 27.9. The molecule has 0 bridgehead atoms. The summed E-state index contributed by atoms with van der Waals surface area (Å²) >= 11 is 0. The van der Waals surface area contributed by atoms with Crippen molar-refractivity contribution in [3.8, 4) is 5.75 Å². The minimum Gasteiger partial charge on any atom is -0.505 e. The van der Waals surface area contributed by atoms with Gasteiger partial charge in [-0.3, -0.25) is 39.1 Å². The number of phenols is 1. The van der Waals surface area contributed by atoms with E-state index in [2.05, 4.69) is 10.7 Å². The van der Waals surface area contributed by atoms with E-state index in [1.54, 1.807) is 17.1 Å². The van der Waals surface area contributed by atoms with Gasteiger partial charge in [-0.1, -0.05) is 6.07 Å². The number of likely N-dealkylation sites (N-methyl/N-ethyl adjacent to an activating group) is 1. The molecule has 1 aromatic carbocycles. The van der Waals surface area contributed by atoms with Crippen LogP contribution in [-0.4, -0.2) is 100 Å². The van der Waals surface area contributed by atoms with E-state index in [0.29, 0.717) is 5.56 Å². The number of amides is 2. The minimum atomic E-state index is -2.77. The summed E-state index contributed by atoms with van der Waals surface area (Å²) in [5, 5.41) is 27.2. The Balaban J connectivity index is 1.44. The van der Waals surface area contributed by atoms with Gasteiger partial charge >= 0.3 is 0 Å². The Hall–Kier alpha value is -3.68. The lowest BCUT2D eigenvalue weighted by Gasteiger charge is -2.52. The number of Topliss-reactive ketones (excluding diaryl/α,β-unsaturated/α-hetero) is 4. The molecule has 6 atom stereocenters. The lowest BCUT2D eigenvalue weighted by atomic mass is 9.52. The summed E-state index contributed by atoms with van der Waals surface area (Å²) in [6.45, 7) is 1.33. The average molecular weight is 556 g/mol. The maximum absolute atomic E-state index is 13.8. The van der Waals surface area contributed by atoms with Crippen molar-refractivity contribution in [2.75, 3.05) is 39.0 Å². The van der Waals surface area contributed by atoms with Gasteiger partial charge in [0, 0.05) is 19.0 Å². The Kier molecular flexibility index (Phi) is 7.01. The molecule has 5 rings (SSSR count). The number of nitrogens with zero attached hydrogens (tertiary/aromatic N) is 2. The van der Waals surface area contributed by atoms with Gasteiger partial charge in [0.1, 0.15) is 5.75 Å². The van der Waals surface area contributed by atoms with E-state index in [-0.39, 0.29) is 36.5 Å². The zero-order chi connectivity index (χ0) is 29.1. The van der Waals surface area contributed by atoms with Crippen molar-refractivity contribution in [2.24, 2.45) is 29.4 Å². The molecule has 2 amide bonds. The summed E-state index contributed by atoms with van der Waals surface area (Å²) in [5.41, 5.74) is 5.78. The maximum atomic E-state index is 13.8. The molecule has 4 aliphatic rings. The molecule has 5 unspecified atom stereocenters. The van der Waals surface area contributed by atoms with Gasteiger partial charge in [-0.15, -0.1) is 0 Å². The largest absolute Gasteiger partial charge is 0.505 e. The van der Waals surface area contributed by atoms with Crippen LogP contribution in [0.2, 0.25) is 0 Å². The van der Waals surface area contributed by atoms with Crippen LogP contribution >= 0.6 is 0 Å². The van der Waals surface area contributed by atoms with Crippen LogP contribution in [-0.2, 0) is 30.4 Å². The Morgan fingerprint density at radius 3 is 2.42 bits per heavy atom. The quantitative estimate of drug-likeness (QED) is 0.200. The Morgan fingerprint density at radius 2 is 1.80 bits per heavy atom. The number of anilines is 1. The van der Waals surface area contributed by atoms with Crippen LogP contribution in [0.25, 0.3) is 0 Å². The molecule has 3 aliphatic carbocycles. The van der Waals surface area contributed by atoms with E-state index in [9.17, 15) is 39.0 Å². The number of aliphatic hydroxyl groups is 1. The van der Waals surface area contributed by atoms with Crippen molar-refractivity contribution in [2.45, 2.75) is 37.3 Å². The van der Waals surface area contributed by atoms with E-state index in [4.69, 9.17) is 5.73 Å². The minimum absolute atomic E-state index is 0.0126. The lowest BCUT2D eigenvalue weighted by molar-refractivity contribution is -0.181. The molecule has 40 heavy (non-hydrogen) atoms. The molecular formula is C27H33N5O8. The van der Waals surface area contributed by atoms with Gasteiger partial charge < -0.3 is 21.3 Å². The average Bonchev–Trinajstić information content (AvgIpc) is 3.38.